The summed E-state index contributed by atoms with van der Waals surface area (Å²) in [4.78, 5) is 0. The lowest BCUT2D eigenvalue weighted by atomic mass is 10.3. The molecule has 0 aliphatic carbocycles. The Kier molecular flexibility index (Phi) is 2.56. The van der Waals surface area contributed by atoms with E-state index in [4.69, 9.17) is 5.26 Å². The Balaban J connectivity index is 2.08. The summed E-state index contributed by atoms with van der Waals surface area (Å²) in [6.07, 6.45) is 4.96. The van der Waals surface area contributed by atoms with E-state index in [-0.39, 0.29) is 0 Å². The number of hydrogen-bond donors (Lipinski definition) is 2. The molecule has 0 bridgehead atoms. The number of H-pyrrole nitrogens is 1. The Morgan fingerprint density at radius 2 is 2.47 bits per heavy atom. The predicted molar refractivity (Wildman–Crippen MR) is 52.7 cm³/mol. The first-order valence-electron chi connectivity index (χ1n) is 4.33. The van der Waals surface area contributed by atoms with Gasteiger partial charge in [0.2, 0.25) is 0 Å². The van der Waals surface area contributed by atoms with Crippen molar-refractivity contribution >= 4 is 5.82 Å². The second kappa shape index (κ2) is 4.19. The number of aromatic amines is 1. The minimum absolute atomic E-state index is 0.480. The Labute approximate surface area is 86.0 Å². The van der Waals surface area contributed by atoms with Gasteiger partial charge in [-0.3, -0.25) is 5.10 Å². The van der Waals surface area contributed by atoms with E-state index in [1.54, 1.807) is 18.5 Å². The van der Waals surface area contributed by atoms with Gasteiger partial charge >= 0.3 is 0 Å². The largest absolute Gasteiger partial charge is 0.363 e. The first kappa shape index (κ1) is 9.15. The molecule has 0 aliphatic rings. The van der Waals surface area contributed by atoms with Gasteiger partial charge in [0.05, 0.1) is 18.0 Å². The Hall–Kier alpha value is -2.42. The topological polar surface area (TPSA) is 90.3 Å². The van der Waals surface area contributed by atoms with Crippen LogP contribution in [0.25, 0.3) is 0 Å². The van der Waals surface area contributed by atoms with Gasteiger partial charge in [0, 0.05) is 18.3 Å². The van der Waals surface area contributed by atoms with Gasteiger partial charge in [0.1, 0.15) is 6.07 Å². The molecule has 74 valence electrons. The SMILES string of the molecule is N#Cc1ccnnc1NCc1cn[nH]c1. The lowest BCUT2D eigenvalue weighted by Gasteiger charge is -2.03. The zero-order chi connectivity index (χ0) is 10.5. The predicted octanol–water partition coefficient (Wildman–Crippen LogP) is 0.683. The molecule has 0 unspecified atom stereocenters. The van der Waals surface area contributed by atoms with Crippen LogP contribution in [0.2, 0.25) is 0 Å². The maximum absolute atomic E-state index is 8.80. The van der Waals surface area contributed by atoms with Gasteiger partial charge in [-0.1, -0.05) is 0 Å². The van der Waals surface area contributed by atoms with Crippen LogP contribution in [0.1, 0.15) is 11.1 Å². The van der Waals surface area contributed by atoms with Crippen LogP contribution in [0.4, 0.5) is 5.82 Å². The highest BCUT2D eigenvalue weighted by molar-refractivity contribution is 5.50. The summed E-state index contributed by atoms with van der Waals surface area (Å²) < 4.78 is 0. The monoisotopic (exact) mass is 200 g/mol. The van der Waals surface area contributed by atoms with Crippen LogP contribution in [0, 0.1) is 11.3 Å². The van der Waals surface area contributed by atoms with Crippen LogP contribution in [0.15, 0.2) is 24.7 Å². The summed E-state index contributed by atoms with van der Waals surface area (Å²) in [5.41, 5.74) is 1.47. The molecule has 2 N–H and O–H groups in total. The molecule has 0 saturated carbocycles. The van der Waals surface area contributed by atoms with Crippen LogP contribution < -0.4 is 5.32 Å². The average Bonchev–Trinajstić information content (AvgIpc) is 2.79. The number of nitriles is 1. The molecule has 0 atom stereocenters. The lowest BCUT2D eigenvalue weighted by Crippen LogP contribution is -2.03. The number of nitrogens with one attached hydrogen (secondary N) is 2. The van der Waals surface area contributed by atoms with Gasteiger partial charge < -0.3 is 5.32 Å². The summed E-state index contributed by atoms with van der Waals surface area (Å²) in [6, 6.07) is 3.65. The van der Waals surface area contributed by atoms with Crippen molar-refractivity contribution in [1.82, 2.24) is 20.4 Å². The van der Waals surface area contributed by atoms with E-state index in [1.807, 2.05) is 6.07 Å². The molecule has 2 aromatic heterocycles. The molecular weight excluding hydrogens is 192 g/mol. The van der Waals surface area contributed by atoms with Crippen molar-refractivity contribution in [2.75, 3.05) is 5.32 Å². The van der Waals surface area contributed by atoms with E-state index in [9.17, 15) is 0 Å². The Morgan fingerprint density at radius 3 is 3.20 bits per heavy atom. The maximum atomic E-state index is 8.80. The van der Waals surface area contributed by atoms with E-state index in [0.717, 1.165) is 5.56 Å². The molecule has 2 heterocycles. The molecule has 2 aromatic rings. The van der Waals surface area contributed by atoms with Crippen molar-refractivity contribution in [3.05, 3.63) is 35.8 Å². The highest BCUT2D eigenvalue weighted by Gasteiger charge is 2.02. The smallest absolute Gasteiger partial charge is 0.166 e. The molecule has 15 heavy (non-hydrogen) atoms. The zero-order valence-electron chi connectivity index (χ0n) is 7.81. The summed E-state index contributed by atoms with van der Waals surface area (Å²) in [7, 11) is 0. The quantitative estimate of drug-likeness (QED) is 0.760. The molecule has 0 fully saturated rings. The standard InChI is InChI=1S/C9H8N6/c10-3-8-1-2-12-15-9(8)11-4-7-5-13-14-6-7/h1-2,5-6H,4H2,(H,11,15)(H,13,14). The van der Waals surface area contributed by atoms with E-state index in [0.29, 0.717) is 17.9 Å². The molecule has 6 nitrogen and oxygen atoms in total. The first-order valence-corrected chi connectivity index (χ1v) is 4.33. The van der Waals surface area contributed by atoms with Gasteiger partial charge in [-0.15, -0.1) is 5.10 Å². The van der Waals surface area contributed by atoms with Crippen molar-refractivity contribution in [2.45, 2.75) is 6.54 Å². The fourth-order valence-corrected chi connectivity index (χ4v) is 1.11. The Morgan fingerprint density at radius 1 is 1.53 bits per heavy atom. The van der Waals surface area contributed by atoms with Crippen LogP contribution in [0.3, 0.4) is 0 Å². The van der Waals surface area contributed by atoms with Gasteiger partial charge in [0.25, 0.3) is 0 Å². The first-order chi connectivity index (χ1) is 7.40. The van der Waals surface area contributed by atoms with Crippen molar-refractivity contribution in [3.63, 3.8) is 0 Å². The van der Waals surface area contributed by atoms with Crippen LogP contribution in [-0.4, -0.2) is 20.4 Å². The second-order valence-electron chi connectivity index (χ2n) is 2.87. The minimum atomic E-state index is 0.480. The van der Waals surface area contributed by atoms with Gasteiger partial charge in [-0.2, -0.15) is 15.5 Å². The highest BCUT2D eigenvalue weighted by atomic mass is 15.2. The van der Waals surface area contributed by atoms with Gasteiger partial charge in [0.15, 0.2) is 5.82 Å². The maximum Gasteiger partial charge on any atom is 0.166 e. The third-order valence-electron chi connectivity index (χ3n) is 1.86. The van der Waals surface area contributed by atoms with Crippen LogP contribution in [0.5, 0.6) is 0 Å². The third-order valence-corrected chi connectivity index (χ3v) is 1.86. The summed E-state index contributed by atoms with van der Waals surface area (Å²) in [5, 5.41) is 25.9. The number of aromatic nitrogens is 4. The van der Waals surface area contributed by atoms with Crippen molar-refractivity contribution in [1.29, 1.82) is 5.26 Å². The average molecular weight is 200 g/mol. The van der Waals surface area contributed by atoms with Gasteiger partial charge in [-0.25, -0.2) is 0 Å². The number of anilines is 1. The third kappa shape index (κ3) is 2.08. The van der Waals surface area contributed by atoms with Crippen LogP contribution >= 0.6 is 0 Å². The number of hydrogen-bond acceptors (Lipinski definition) is 5. The normalized spacial score (nSPS) is 9.53. The molecule has 0 spiro atoms. The molecule has 6 heteroatoms. The Bertz CT molecular complexity index is 470. The molecule has 0 aromatic carbocycles. The van der Waals surface area contributed by atoms with Gasteiger partial charge in [-0.05, 0) is 6.07 Å². The molecule has 0 saturated heterocycles. The molecular formula is C9H8N6. The molecule has 0 radical (unpaired) electrons. The van der Waals surface area contributed by atoms with E-state index >= 15 is 0 Å². The highest BCUT2D eigenvalue weighted by Crippen LogP contribution is 2.09. The lowest BCUT2D eigenvalue weighted by molar-refractivity contribution is 0.995. The fraction of sp³-hybridized carbons (Fsp3) is 0.111. The fourth-order valence-electron chi connectivity index (χ4n) is 1.11. The second-order valence-corrected chi connectivity index (χ2v) is 2.87. The molecule has 0 aliphatic heterocycles. The minimum Gasteiger partial charge on any atom is -0.363 e. The molecule has 0 amide bonds. The van der Waals surface area contributed by atoms with Crippen LogP contribution in [-0.2, 0) is 6.54 Å². The molecule has 2 rings (SSSR count). The van der Waals surface area contributed by atoms with Crippen molar-refractivity contribution in [2.24, 2.45) is 0 Å². The zero-order valence-corrected chi connectivity index (χ0v) is 7.81. The summed E-state index contributed by atoms with van der Waals surface area (Å²) >= 11 is 0. The van der Waals surface area contributed by atoms with E-state index in [1.165, 1.54) is 6.20 Å². The van der Waals surface area contributed by atoms with Crippen molar-refractivity contribution in [3.8, 4) is 6.07 Å². The summed E-state index contributed by atoms with van der Waals surface area (Å²) in [5.74, 6) is 0.487. The van der Waals surface area contributed by atoms with E-state index in [2.05, 4.69) is 25.7 Å². The number of rotatable bonds is 3. The van der Waals surface area contributed by atoms with Crippen molar-refractivity contribution < 1.29 is 0 Å². The van der Waals surface area contributed by atoms with E-state index < -0.39 is 0 Å². The summed E-state index contributed by atoms with van der Waals surface area (Å²) in [6.45, 7) is 0.559. The number of nitrogens with zero attached hydrogens (tertiary/aromatic N) is 4.